The molecule has 1 unspecified atom stereocenters. The number of carbonyl (C=O) groups excluding carboxylic acids is 1. The molecule has 1 atom stereocenters. The number of fused-ring (bicyclic) bond motifs is 1. The Morgan fingerprint density at radius 3 is 2.43 bits per heavy atom. The predicted octanol–water partition coefficient (Wildman–Crippen LogP) is 4.69. The number of nitrogens with zero attached hydrogens (tertiary/aromatic N) is 2. The van der Waals surface area contributed by atoms with Gasteiger partial charge in [0.15, 0.2) is 11.7 Å². The van der Waals surface area contributed by atoms with Gasteiger partial charge in [-0.15, -0.1) is 0 Å². The second kappa shape index (κ2) is 12.0. The first kappa shape index (κ1) is 24.3. The summed E-state index contributed by atoms with van der Waals surface area (Å²) in [5.74, 6) is 0.375. The second-order valence-electron chi connectivity index (χ2n) is 8.20. The van der Waals surface area contributed by atoms with Gasteiger partial charge in [0, 0.05) is 13.5 Å². The molecule has 0 bridgehead atoms. The molecule has 3 aromatic carbocycles. The number of ether oxygens (including phenoxy) is 3. The van der Waals surface area contributed by atoms with E-state index in [1.54, 1.807) is 0 Å². The van der Waals surface area contributed by atoms with Crippen molar-refractivity contribution in [2.75, 3.05) is 38.8 Å². The van der Waals surface area contributed by atoms with Gasteiger partial charge >= 0.3 is 5.97 Å². The number of methoxy groups -OCH3 is 1. The van der Waals surface area contributed by atoms with E-state index >= 15 is 0 Å². The molecule has 0 saturated carbocycles. The number of hydrogen-bond donors (Lipinski definition) is 0. The van der Waals surface area contributed by atoms with Gasteiger partial charge in [-0.05, 0) is 41.8 Å². The number of likely N-dealkylation sites (N-methyl/N-ethyl adjacent to an activating group) is 1. The largest absolute Gasteiger partial charge is 0.492 e. The van der Waals surface area contributed by atoms with Gasteiger partial charge in [0.1, 0.15) is 17.9 Å². The minimum Gasteiger partial charge on any atom is -0.492 e. The Bertz CT molecular complexity index is 1170. The van der Waals surface area contributed by atoms with E-state index in [-0.39, 0.29) is 5.97 Å². The molecule has 0 saturated heterocycles. The Morgan fingerprint density at radius 2 is 1.69 bits per heavy atom. The summed E-state index contributed by atoms with van der Waals surface area (Å²) in [4.78, 5) is 18.6. The highest BCUT2D eigenvalue weighted by Gasteiger charge is 2.20. The summed E-state index contributed by atoms with van der Waals surface area (Å²) >= 11 is 0. The number of esters is 1. The minimum absolute atomic E-state index is 0.374. The smallest absolute Gasteiger partial charge is 0.335 e. The third-order valence-electron chi connectivity index (χ3n) is 5.67. The molecule has 7 nitrogen and oxygen atoms in total. The Labute approximate surface area is 205 Å². The molecule has 0 fully saturated rings. The summed E-state index contributed by atoms with van der Waals surface area (Å²) < 4.78 is 22.5. The lowest BCUT2D eigenvalue weighted by molar-refractivity contribution is -0.154. The van der Waals surface area contributed by atoms with Crippen LogP contribution in [0.2, 0.25) is 0 Å². The molecular formula is C28H30N2O5. The van der Waals surface area contributed by atoms with Crippen LogP contribution in [0.25, 0.3) is 11.1 Å². The summed E-state index contributed by atoms with van der Waals surface area (Å²) in [7, 11) is 3.30. The lowest BCUT2D eigenvalue weighted by Crippen LogP contribution is -2.28. The third-order valence-corrected chi connectivity index (χ3v) is 5.67. The number of oxazole rings is 1. The van der Waals surface area contributed by atoms with E-state index in [2.05, 4.69) is 4.98 Å². The lowest BCUT2D eigenvalue weighted by Gasteiger charge is -2.17. The first-order valence-electron chi connectivity index (χ1n) is 11.6. The maximum Gasteiger partial charge on any atom is 0.335 e. The molecule has 0 amide bonds. The van der Waals surface area contributed by atoms with Crippen molar-refractivity contribution in [3.8, 4) is 5.75 Å². The fourth-order valence-corrected chi connectivity index (χ4v) is 3.66. The van der Waals surface area contributed by atoms with E-state index in [4.69, 9.17) is 18.6 Å². The van der Waals surface area contributed by atoms with Gasteiger partial charge in [0.2, 0.25) is 0 Å². The van der Waals surface area contributed by atoms with E-state index in [1.165, 1.54) is 12.7 Å². The minimum atomic E-state index is -0.652. The van der Waals surface area contributed by atoms with Crippen LogP contribution in [0.5, 0.6) is 5.75 Å². The van der Waals surface area contributed by atoms with Crippen molar-refractivity contribution < 1.29 is 23.4 Å². The van der Waals surface area contributed by atoms with Crippen LogP contribution < -0.4 is 9.64 Å². The Morgan fingerprint density at radius 1 is 0.943 bits per heavy atom. The standard InChI is InChI=1S/C28H30N2O5/c1-30(28-29-24-10-6-7-11-25(24)35-28)17-19-33-23-14-12-22(13-15-23)20-26(27(31)32-2)34-18-16-21-8-4-3-5-9-21/h3-15,26H,16-20H2,1-2H3. The van der Waals surface area contributed by atoms with E-state index in [9.17, 15) is 4.79 Å². The van der Waals surface area contributed by atoms with Crippen molar-refractivity contribution in [2.45, 2.75) is 18.9 Å². The van der Waals surface area contributed by atoms with Gasteiger partial charge in [0.05, 0.1) is 20.3 Å². The van der Waals surface area contributed by atoms with Crippen molar-refractivity contribution >= 4 is 23.1 Å². The summed E-state index contributed by atoms with van der Waals surface area (Å²) in [5.41, 5.74) is 3.73. The van der Waals surface area contributed by atoms with Crippen molar-refractivity contribution in [1.29, 1.82) is 0 Å². The zero-order valence-corrected chi connectivity index (χ0v) is 20.1. The number of hydrogen-bond acceptors (Lipinski definition) is 7. The molecule has 0 radical (unpaired) electrons. The number of para-hydroxylation sites is 2. The number of benzene rings is 3. The van der Waals surface area contributed by atoms with E-state index < -0.39 is 6.10 Å². The molecule has 4 rings (SSSR count). The average molecular weight is 475 g/mol. The first-order valence-corrected chi connectivity index (χ1v) is 11.6. The van der Waals surface area contributed by atoms with Crippen molar-refractivity contribution in [3.63, 3.8) is 0 Å². The average Bonchev–Trinajstić information content (AvgIpc) is 3.34. The van der Waals surface area contributed by atoms with Crippen LogP contribution in [0, 0.1) is 0 Å². The molecule has 182 valence electrons. The molecule has 0 aliphatic heterocycles. The lowest BCUT2D eigenvalue weighted by atomic mass is 10.1. The van der Waals surface area contributed by atoms with E-state index in [0.29, 0.717) is 32.2 Å². The molecule has 1 heterocycles. The van der Waals surface area contributed by atoms with E-state index in [1.807, 2.05) is 90.8 Å². The van der Waals surface area contributed by atoms with Crippen molar-refractivity contribution in [2.24, 2.45) is 0 Å². The van der Waals surface area contributed by atoms with Crippen LogP contribution in [-0.2, 0) is 27.1 Å². The molecule has 1 aromatic heterocycles. The number of anilines is 1. The zero-order valence-electron chi connectivity index (χ0n) is 20.1. The summed E-state index contributed by atoms with van der Waals surface area (Å²) in [6, 6.07) is 26.0. The SMILES string of the molecule is COC(=O)C(Cc1ccc(OCCN(C)c2nc3ccccc3o2)cc1)OCCc1ccccc1. The van der Waals surface area contributed by atoms with Crippen LogP contribution in [-0.4, -0.2) is 51.0 Å². The van der Waals surface area contributed by atoms with Crippen LogP contribution >= 0.6 is 0 Å². The number of rotatable bonds is 12. The molecule has 7 heteroatoms. The van der Waals surface area contributed by atoms with Gasteiger partial charge in [-0.2, -0.15) is 4.98 Å². The maximum absolute atomic E-state index is 12.2. The van der Waals surface area contributed by atoms with E-state index in [0.717, 1.165) is 28.8 Å². The molecule has 4 aromatic rings. The zero-order chi connectivity index (χ0) is 24.5. The molecule has 0 N–H and O–H groups in total. The quantitative estimate of drug-likeness (QED) is 0.276. The second-order valence-corrected chi connectivity index (χ2v) is 8.20. The fraction of sp³-hybridized carbons (Fsp3) is 0.286. The van der Waals surface area contributed by atoms with Gasteiger partial charge in [-0.25, -0.2) is 4.79 Å². The maximum atomic E-state index is 12.2. The topological polar surface area (TPSA) is 74.0 Å². The highest BCUT2D eigenvalue weighted by molar-refractivity contribution is 5.75. The van der Waals surface area contributed by atoms with Gasteiger partial charge in [-0.1, -0.05) is 54.6 Å². The molecule has 35 heavy (non-hydrogen) atoms. The summed E-state index contributed by atoms with van der Waals surface area (Å²) in [6.45, 7) is 1.54. The third kappa shape index (κ3) is 6.83. The summed E-state index contributed by atoms with van der Waals surface area (Å²) in [5, 5.41) is 0. The molecule has 0 spiro atoms. The van der Waals surface area contributed by atoms with Gasteiger partial charge in [0.25, 0.3) is 6.01 Å². The molecule has 0 aliphatic rings. The summed E-state index contributed by atoms with van der Waals surface area (Å²) in [6.07, 6.45) is 0.516. The van der Waals surface area contributed by atoms with Crippen LogP contribution in [0.3, 0.4) is 0 Å². The van der Waals surface area contributed by atoms with Crippen LogP contribution in [0.1, 0.15) is 11.1 Å². The number of carbonyl (C=O) groups is 1. The fourth-order valence-electron chi connectivity index (χ4n) is 3.66. The van der Waals surface area contributed by atoms with Crippen LogP contribution in [0.4, 0.5) is 6.01 Å². The van der Waals surface area contributed by atoms with Crippen molar-refractivity contribution in [1.82, 2.24) is 4.98 Å². The Balaban J connectivity index is 1.25. The number of aromatic nitrogens is 1. The Hall–Kier alpha value is -3.84. The molecular weight excluding hydrogens is 444 g/mol. The highest BCUT2D eigenvalue weighted by Crippen LogP contribution is 2.21. The van der Waals surface area contributed by atoms with Crippen LogP contribution in [0.15, 0.2) is 83.3 Å². The predicted molar refractivity (Wildman–Crippen MR) is 135 cm³/mol. The highest BCUT2D eigenvalue weighted by atomic mass is 16.6. The monoisotopic (exact) mass is 474 g/mol. The van der Waals surface area contributed by atoms with Gasteiger partial charge < -0.3 is 23.5 Å². The Kier molecular flexibility index (Phi) is 8.35. The van der Waals surface area contributed by atoms with Gasteiger partial charge in [-0.3, -0.25) is 0 Å². The molecule has 0 aliphatic carbocycles. The normalized spacial score (nSPS) is 11.8. The first-order chi connectivity index (χ1) is 17.1. The van der Waals surface area contributed by atoms with Crippen molar-refractivity contribution in [3.05, 3.63) is 90.0 Å².